The molecule has 0 unspecified atom stereocenters. The van der Waals surface area contributed by atoms with Crippen molar-refractivity contribution in [1.82, 2.24) is 4.98 Å². The van der Waals surface area contributed by atoms with Crippen LogP contribution >= 0.6 is 53.3 Å². The van der Waals surface area contributed by atoms with E-state index in [1.807, 2.05) is 30.3 Å². The van der Waals surface area contributed by atoms with Crippen molar-refractivity contribution in [3.63, 3.8) is 0 Å². The standard InChI is InChI=1S/C23H24O4S.C9H11Cl3NO3PS/c1-23(2)19(12-17-8-9-28-22(17)25)20(23)21(24)27-14-16-11-18(26-13-16)10-15-6-4-3-5-7-15;1-3-14-17(18,15-4-2)16-9-7(11)5-6(10)8(12)13-9/h3-7,11-13,19-20H,8-10,14H2,1-2H3;5H,3-4H2,1-2H3/b17-12+;/t19-,20-;/m1./s1. The van der Waals surface area contributed by atoms with Crippen LogP contribution in [-0.4, -0.2) is 35.0 Å². The average molecular weight is 747 g/mol. The van der Waals surface area contributed by atoms with Crippen molar-refractivity contribution in [3.05, 3.63) is 92.5 Å². The summed E-state index contributed by atoms with van der Waals surface area (Å²) in [6.45, 7) is 5.69. The molecule has 248 valence electrons. The van der Waals surface area contributed by atoms with Crippen molar-refractivity contribution >= 4 is 76.2 Å². The molecule has 2 fully saturated rings. The van der Waals surface area contributed by atoms with Crippen LogP contribution in [0.3, 0.4) is 0 Å². The highest BCUT2D eigenvalue weighted by Crippen LogP contribution is 2.60. The minimum atomic E-state index is -2.92. The number of furan rings is 1. The molecule has 1 aliphatic carbocycles. The lowest BCUT2D eigenvalue weighted by Crippen LogP contribution is -2.10. The first-order valence-electron chi connectivity index (χ1n) is 14.6. The van der Waals surface area contributed by atoms with E-state index < -0.39 is 6.72 Å². The number of carbonyl (C=O) groups is 2. The number of hydrogen-bond acceptors (Lipinski definition) is 10. The van der Waals surface area contributed by atoms with Gasteiger partial charge in [0.15, 0.2) is 5.15 Å². The van der Waals surface area contributed by atoms with Crippen molar-refractivity contribution in [2.75, 3.05) is 19.0 Å². The number of carbonyl (C=O) groups excluding carboxylic acids is 2. The summed E-state index contributed by atoms with van der Waals surface area (Å²) in [5.74, 6) is 1.44. The number of benzene rings is 1. The number of ether oxygens (including phenoxy) is 1. The van der Waals surface area contributed by atoms with Crippen molar-refractivity contribution < 1.29 is 32.3 Å². The summed E-state index contributed by atoms with van der Waals surface area (Å²) in [6, 6.07) is 13.5. The number of aromatic nitrogens is 1. The summed E-state index contributed by atoms with van der Waals surface area (Å²) < 4.78 is 27.2. The fraction of sp³-hybridized carbons (Fsp3) is 0.406. The van der Waals surface area contributed by atoms with Gasteiger partial charge >= 0.3 is 12.7 Å². The van der Waals surface area contributed by atoms with Gasteiger partial charge in [0, 0.05) is 35.1 Å². The molecule has 14 heteroatoms. The van der Waals surface area contributed by atoms with Crippen molar-refractivity contribution in [2.45, 2.75) is 47.1 Å². The first-order valence-corrected chi connectivity index (χ1v) is 19.3. The third kappa shape index (κ3) is 9.83. The molecule has 0 radical (unpaired) electrons. The van der Waals surface area contributed by atoms with Gasteiger partial charge in [-0.25, -0.2) is 0 Å². The fourth-order valence-electron chi connectivity index (χ4n) is 4.90. The highest BCUT2D eigenvalue weighted by atomic mass is 35.5. The molecule has 2 aromatic heterocycles. The summed E-state index contributed by atoms with van der Waals surface area (Å²) in [7, 11) is 0. The Labute approximate surface area is 293 Å². The predicted octanol–water partition coefficient (Wildman–Crippen LogP) is 9.49. The van der Waals surface area contributed by atoms with E-state index in [4.69, 9.17) is 69.3 Å². The number of pyridine rings is 1. The normalized spacial score (nSPS) is 19.5. The number of thioether (sulfide) groups is 1. The lowest BCUT2D eigenvalue weighted by molar-refractivity contribution is -0.147. The molecule has 0 bridgehead atoms. The number of halogens is 3. The number of nitrogens with zero attached hydrogens (tertiary/aromatic N) is 1. The SMILES string of the molecule is CC1(C)[C@H](/C=C2\CCSC2=O)[C@@H]1C(=O)OCc1coc(Cc2ccccc2)c1.CCOP(=S)(OCC)Oc1nc(Cl)c(Cl)cc1Cl. The largest absolute Gasteiger partial charge is 0.469 e. The van der Waals surface area contributed by atoms with E-state index in [-0.39, 0.29) is 56.0 Å². The van der Waals surface area contributed by atoms with E-state index in [0.717, 1.165) is 29.1 Å². The zero-order valence-electron chi connectivity index (χ0n) is 25.8. The second-order valence-corrected chi connectivity index (χ2v) is 16.2. The molecule has 46 heavy (non-hydrogen) atoms. The van der Waals surface area contributed by atoms with Crippen LogP contribution in [0, 0.1) is 17.3 Å². The van der Waals surface area contributed by atoms with Gasteiger partial charge in [-0.1, -0.05) is 96.8 Å². The summed E-state index contributed by atoms with van der Waals surface area (Å²) >= 11 is 24.0. The van der Waals surface area contributed by atoms with E-state index in [1.54, 1.807) is 20.1 Å². The number of esters is 1. The fourth-order valence-corrected chi connectivity index (χ4v) is 8.35. The molecule has 3 heterocycles. The molecular weight excluding hydrogens is 712 g/mol. The van der Waals surface area contributed by atoms with Gasteiger partial charge in [0.25, 0.3) is 0 Å². The van der Waals surface area contributed by atoms with Gasteiger partial charge in [0.1, 0.15) is 17.4 Å². The second-order valence-electron chi connectivity index (χ2n) is 11.0. The Bertz CT molecular complexity index is 1610. The summed E-state index contributed by atoms with van der Waals surface area (Å²) in [4.78, 5) is 28.3. The zero-order valence-corrected chi connectivity index (χ0v) is 30.6. The van der Waals surface area contributed by atoms with Crippen molar-refractivity contribution in [3.8, 4) is 5.88 Å². The molecule has 1 saturated carbocycles. The Morgan fingerprint density at radius 3 is 2.43 bits per heavy atom. The Morgan fingerprint density at radius 1 is 1.11 bits per heavy atom. The van der Waals surface area contributed by atoms with Crippen LogP contribution in [-0.2, 0) is 48.2 Å². The van der Waals surface area contributed by atoms with Gasteiger partial charge in [-0.2, -0.15) is 4.98 Å². The van der Waals surface area contributed by atoms with E-state index in [2.05, 4.69) is 31.0 Å². The van der Waals surface area contributed by atoms with Gasteiger partial charge in [-0.05, 0) is 49.3 Å². The maximum Gasteiger partial charge on any atom is 0.381 e. The van der Waals surface area contributed by atoms with Gasteiger partial charge < -0.3 is 13.7 Å². The average Bonchev–Trinajstić information content (AvgIpc) is 3.32. The molecule has 0 spiro atoms. The van der Waals surface area contributed by atoms with Crippen LogP contribution < -0.4 is 4.52 Å². The summed E-state index contributed by atoms with van der Waals surface area (Å²) in [6.07, 6.45) is 5.17. The molecular formula is C32H35Cl3NO7PS2. The number of allylic oxidation sites excluding steroid dienone is 1. The van der Waals surface area contributed by atoms with Gasteiger partial charge in [-0.3, -0.25) is 18.6 Å². The molecule has 5 rings (SSSR count). The molecule has 2 atom stereocenters. The lowest BCUT2D eigenvalue weighted by Gasteiger charge is -2.20. The summed E-state index contributed by atoms with van der Waals surface area (Å²) in [5.41, 5.74) is 2.73. The number of hydrogen-bond donors (Lipinski definition) is 0. The van der Waals surface area contributed by atoms with Crippen molar-refractivity contribution in [1.29, 1.82) is 0 Å². The Balaban J connectivity index is 0.000000232. The van der Waals surface area contributed by atoms with Crippen molar-refractivity contribution in [2.24, 2.45) is 17.3 Å². The first-order chi connectivity index (χ1) is 21.9. The molecule has 3 aromatic rings. The molecule has 0 N–H and O–H groups in total. The Hall–Kier alpha value is -1.88. The minimum absolute atomic E-state index is 0.0521. The maximum absolute atomic E-state index is 12.6. The quantitative estimate of drug-likeness (QED) is 0.0772. The first kappa shape index (κ1) is 36.9. The third-order valence-corrected chi connectivity index (χ3v) is 11.6. The molecule has 1 saturated heterocycles. The van der Waals surface area contributed by atoms with Crippen LogP contribution in [0.5, 0.6) is 5.88 Å². The molecule has 8 nitrogen and oxygen atoms in total. The maximum atomic E-state index is 12.6. The van der Waals surface area contributed by atoms with Crippen LogP contribution in [0.2, 0.25) is 15.2 Å². The molecule has 0 amide bonds. The van der Waals surface area contributed by atoms with E-state index >= 15 is 0 Å². The Kier molecular flexibility index (Phi) is 13.2. The molecule has 2 aliphatic rings. The minimum Gasteiger partial charge on any atom is -0.469 e. The molecule has 1 aliphatic heterocycles. The lowest BCUT2D eigenvalue weighted by atomic mass is 10.1. The van der Waals surface area contributed by atoms with Crippen LogP contribution in [0.1, 0.15) is 51.0 Å². The third-order valence-electron chi connectivity index (χ3n) is 7.35. The van der Waals surface area contributed by atoms with E-state index in [9.17, 15) is 9.59 Å². The second kappa shape index (κ2) is 16.5. The molecule has 1 aromatic carbocycles. The summed E-state index contributed by atoms with van der Waals surface area (Å²) in [5, 5.41) is 0.651. The van der Waals surface area contributed by atoms with Crippen LogP contribution in [0.15, 0.2) is 64.8 Å². The highest BCUT2D eigenvalue weighted by Gasteiger charge is 2.61. The van der Waals surface area contributed by atoms with E-state index in [1.165, 1.54) is 23.4 Å². The van der Waals surface area contributed by atoms with Gasteiger partial charge in [0.05, 0.1) is 30.4 Å². The Morgan fingerprint density at radius 2 is 1.80 bits per heavy atom. The topological polar surface area (TPSA) is 97.1 Å². The van der Waals surface area contributed by atoms with Crippen LogP contribution in [0.25, 0.3) is 0 Å². The van der Waals surface area contributed by atoms with Gasteiger partial charge in [-0.15, -0.1) is 0 Å². The highest BCUT2D eigenvalue weighted by molar-refractivity contribution is 8.14. The predicted molar refractivity (Wildman–Crippen MR) is 186 cm³/mol. The van der Waals surface area contributed by atoms with E-state index in [0.29, 0.717) is 19.6 Å². The monoisotopic (exact) mass is 745 g/mol. The number of rotatable bonds is 12. The smallest absolute Gasteiger partial charge is 0.381 e. The zero-order chi connectivity index (χ0) is 33.5. The van der Waals surface area contributed by atoms with Gasteiger partial charge in [0.2, 0.25) is 11.0 Å². The van der Waals surface area contributed by atoms with Crippen LogP contribution in [0.4, 0.5) is 0 Å².